The topological polar surface area (TPSA) is 93.2 Å². The number of nitrogens with zero attached hydrogens (tertiary/aromatic N) is 2. The fourth-order valence-corrected chi connectivity index (χ4v) is 5.94. The molecule has 0 aliphatic carbocycles. The lowest BCUT2D eigenvalue weighted by Gasteiger charge is -2.43. The highest BCUT2D eigenvalue weighted by molar-refractivity contribution is 7.93. The standard InChI is InChI=1S/C18H23ClN2O6S/c1-26-11-10-21-17(23)13-28(24,25)18(21)6-8-20(9-7-18)16(22)12-27-15-4-2-14(19)3-5-15/h2-5H,6-13H2,1H3. The molecule has 2 heterocycles. The highest BCUT2D eigenvalue weighted by atomic mass is 35.5. The number of amides is 2. The summed E-state index contributed by atoms with van der Waals surface area (Å²) in [4.78, 5) is 26.4. The minimum Gasteiger partial charge on any atom is -0.484 e. The maximum absolute atomic E-state index is 12.7. The number of sulfone groups is 1. The Kier molecular flexibility index (Phi) is 6.16. The Morgan fingerprint density at radius 3 is 2.46 bits per heavy atom. The Bertz CT molecular complexity index is 834. The largest absolute Gasteiger partial charge is 0.484 e. The lowest BCUT2D eigenvalue weighted by Crippen LogP contribution is -2.58. The van der Waals surface area contributed by atoms with Crippen LogP contribution in [-0.4, -0.2) is 80.6 Å². The summed E-state index contributed by atoms with van der Waals surface area (Å²) in [7, 11) is -2.10. The van der Waals surface area contributed by atoms with Gasteiger partial charge in [0.1, 0.15) is 16.4 Å². The number of carbonyl (C=O) groups is 2. The van der Waals surface area contributed by atoms with Crippen LogP contribution in [0.1, 0.15) is 12.8 Å². The SMILES string of the molecule is COCCN1C(=O)CS(=O)(=O)C12CCN(C(=O)COc1ccc(Cl)cc1)CC2. The van der Waals surface area contributed by atoms with Crippen LogP contribution in [0.25, 0.3) is 0 Å². The molecule has 8 nitrogen and oxygen atoms in total. The molecule has 0 unspecified atom stereocenters. The second kappa shape index (κ2) is 8.26. The molecule has 0 bridgehead atoms. The minimum absolute atomic E-state index is 0.145. The average Bonchev–Trinajstić information content (AvgIpc) is 2.85. The van der Waals surface area contributed by atoms with Gasteiger partial charge >= 0.3 is 0 Å². The van der Waals surface area contributed by atoms with Crippen LogP contribution in [0.4, 0.5) is 0 Å². The second-order valence-electron chi connectivity index (χ2n) is 6.87. The van der Waals surface area contributed by atoms with E-state index in [-0.39, 0.29) is 51.6 Å². The van der Waals surface area contributed by atoms with E-state index in [4.69, 9.17) is 21.1 Å². The summed E-state index contributed by atoms with van der Waals surface area (Å²) in [6.07, 6.45) is 0.384. The van der Waals surface area contributed by atoms with Crippen molar-refractivity contribution < 1.29 is 27.5 Å². The Labute approximate surface area is 169 Å². The van der Waals surface area contributed by atoms with Gasteiger partial charge in [-0.1, -0.05) is 11.6 Å². The van der Waals surface area contributed by atoms with Crippen molar-refractivity contribution in [1.29, 1.82) is 0 Å². The molecule has 0 radical (unpaired) electrons. The lowest BCUT2D eigenvalue weighted by atomic mass is 10.0. The third kappa shape index (κ3) is 3.97. The molecule has 0 atom stereocenters. The summed E-state index contributed by atoms with van der Waals surface area (Å²) < 4.78 is 35.9. The number of likely N-dealkylation sites (tertiary alicyclic amines) is 1. The third-order valence-electron chi connectivity index (χ3n) is 5.28. The van der Waals surface area contributed by atoms with Gasteiger partial charge in [-0.15, -0.1) is 0 Å². The molecule has 0 saturated carbocycles. The van der Waals surface area contributed by atoms with Crippen molar-refractivity contribution in [3.63, 3.8) is 0 Å². The fraction of sp³-hybridized carbons (Fsp3) is 0.556. The van der Waals surface area contributed by atoms with Gasteiger partial charge < -0.3 is 19.3 Å². The van der Waals surface area contributed by atoms with E-state index in [1.54, 1.807) is 29.2 Å². The predicted octanol–water partition coefficient (Wildman–Crippen LogP) is 0.941. The van der Waals surface area contributed by atoms with Crippen molar-refractivity contribution in [2.45, 2.75) is 17.7 Å². The number of methoxy groups -OCH3 is 1. The van der Waals surface area contributed by atoms with Crippen LogP contribution in [-0.2, 0) is 24.2 Å². The van der Waals surface area contributed by atoms with Crippen LogP contribution in [0.3, 0.4) is 0 Å². The zero-order valence-electron chi connectivity index (χ0n) is 15.6. The molecule has 2 saturated heterocycles. The van der Waals surface area contributed by atoms with Crippen LogP contribution >= 0.6 is 11.6 Å². The summed E-state index contributed by atoms with van der Waals surface area (Å²) in [5, 5.41) is 0.574. The first-order valence-corrected chi connectivity index (χ1v) is 11.0. The molecule has 0 aromatic heterocycles. The van der Waals surface area contributed by atoms with E-state index in [2.05, 4.69) is 0 Å². The summed E-state index contributed by atoms with van der Waals surface area (Å²) in [5.74, 6) is -0.580. The number of piperidine rings is 1. The zero-order chi connectivity index (χ0) is 20.4. The molecule has 154 valence electrons. The molecule has 2 amide bonds. The predicted molar refractivity (Wildman–Crippen MR) is 103 cm³/mol. The number of carbonyl (C=O) groups excluding carboxylic acids is 2. The van der Waals surface area contributed by atoms with Gasteiger partial charge in [0, 0.05) is 44.6 Å². The molecule has 1 spiro atoms. The van der Waals surface area contributed by atoms with Crippen molar-refractivity contribution in [1.82, 2.24) is 9.80 Å². The molecule has 3 rings (SSSR count). The fourth-order valence-electron chi connectivity index (χ4n) is 3.73. The molecular weight excluding hydrogens is 408 g/mol. The van der Waals surface area contributed by atoms with Crippen molar-refractivity contribution in [2.24, 2.45) is 0 Å². The first-order valence-electron chi connectivity index (χ1n) is 8.97. The molecule has 1 aromatic rings. The van der Waals surface area contributed by atoms with E-state index in [9.17, 15) is 18.0 Å². The molecule has 1 aromatic carbocycles. The van der Waals surface area contributed by atoms with Gasteiger partial charge in [0.2, 0.25) is 5.91 Å². The maximum Gasteiger partial charge on any atom is 0.260 e. The zero-order valence-corrected chi connectivity index (χ0v) is 17.2. The Balaban J connectivity index is 1.62. The van der Waals surface area contributed by atoms with Crippen molar-refractivity contribution >= 4 is 33.3 Å². The second-order valence-corrected chi connectivity index (χ2v) is 9.58. The highest BCUT2D eigenvalue weighted by Crippen LogP contribution is 2.39. The van der Waals surface area contributed by atoms with Gasteiger partial charge in [-0.25, -0.2) is 8.42 Å². The molecular formula is C18H23ClN2O6S. The van der Waals surface area contributed by atoms with Crippen LogP contribution < -0.4 is 4.74 Å². The first kappa shape index (κ1) is 20.9. The number of benzene rings is 1. The lowest BCUT2D eigenvalue weighted by molar-refractivity contribution is -0.137. The van der Waals surface area contributed by atoms with E-state index >= 15 is 0 Å². The Hall–Kier alpha value is -1.84. The summed E-state index contributed by atoms with van der Waals surface area (Å²) in [6, 6.07) is 6.68. The molecule has 28 heavy (non-hydrogen) atoms. The van der Waals surface area contributed by atoms with Crippen LogP contribution in [0.2, 0.25) is 5.02 Å². The molecule has 10 heteroatoms. The van der Waals surface area contributed by atoms with E-state index in [0.717, 1.165) is 0 Å². The van der Waals surface area contributed by atoms with E-state index < -0.39 is 26.4 Å². The minimum atomic E-state index is -3.61. The van der Waals surface area contributed by atoms with Gasteiger partial charge in [0.05, 0.1) is 6.61 Å². The van der Waals surface area contributed by atoms with Gasteiger partial charge in [-0.05, 0) is 24.3 Å². The van der Waals surface area contributed by atoms with Gasteiger partial charge in [0.15, 0.2) is 16.4 Å². The maximum atomic E-state index is 12.7. The number of halogens is 1. The van der Waals surface area contributed by atoms with Gasteiger partial charge in [-0.3, -0.25) is 9.59 Å². The first-order chi connectivity index (χ1) is 13.3. The van der Waals surface area contributed by atoms with Crippen molar-refractivity contribution in [2.75, 3.05) is 45.7 Å². The number of ether oxygens (including phenoxy) is 2. The van der Waals surface area contributed by atoms with Crippen molar-refractivity contribution in [3.05, 3.63) is 29.3 Å². The average molecular weight is 431 g/mol. The molecule has 2 aliphatic rings. The number of hydrogen-bond acceptors (Lipinski definition) is 6. The number of rotatable bonds is 6. The van der Waals surface area contributed by atoms with E-state index in [1.807, 2.05) is 0 Å². The van der Waals surface area contributed by atoms with Crippen LogP contribution in [0, 0.1) is 0 Å². The molecule has 2 aliphatic heterocycles. The van der Waals surface area contributed by atoms with Gasteiger partial charge in [-0.2, -0.15) is 0 Å². The molecule has 2 fully saturated rings. The normalized spacial score (nSPS) is 20.6. The quantitative estimate of drug-likeness (QED) is 0.666. The van der Waals surface area contributed by atoms with E-state index in [1.165, 1.54) is 12.0 Å². The van der Waals surface area contributed by atoms with E-state index in [0.29, 0.717) is 10.8 Å². The number of hydrogen-bond donors (Lipinski definition) is 0. The highest BCUT2D eigenvalue weighted by Gasteiger charge is 2.58. The monoisotopic (exact) mass is 430 g/mol. The van der Waals surface area contributed by atoms with Gasteiger partial charge in [0.25, 0.3) is 5.91 Å². The smallest absolute Gasteiger partial charge is 0.260 e. The molecule has 0 N–H and O–H groups in total. The van der Waals surface area contributed by atoms with Crippen molar-refractivity contribution in [3.8, 4) is 5.75 Å². The Morgan fingerprint density at radius 1 is 1.21 bits per heavy atom. The summed E-state index contributed by atoms with van der Waals surface area (Å²) in [6.45, 7) is 0.841. The van der Waals surface area contributed by atoms with Crippen LogP contribution in [0.15, 0.2) is 24.3 Å². The summed E-state index contributed by atoms with van der Waals surface area (Å²) in [5.41, 5.74) is 0. The summed E-state index contributed by atoms with van der Waals surface area (Å²) >= 11 is 5.82. The third-order valence-corrected chi connectivity index (χ3v) is 7.94. The Morgan fingerprint density at radius 2 is 1.86 bits per heavy atom. The van der Waals surface area contributed by atoms with Crippen LogP contribution in [0.5, 0.6) is 5.75 Å².